The van der Waals surface area contributed by atoms with Gasteiger partial charge in [0.2, 0.25) is 0 Å². The molecule has 19 heavy (non-hydrogen) atoms. The Morgan fingerprint density at radius 2 is 1.89 bits per heavy atom. The van der Waals surface area contributed by atoms with Gasteiger partial charge in [-0.05, 0) is 49.4 Å². The van der Waals surface area contributed by atoms with Crippen molar-refractivity contribution >= 4 is 5.69 Å². The fraction of sp³-hybridized carbons (Fsp3) is 0.647. The van der Waals surface area contributed by atoms with Crippen molar-refractivity contribution in [3.63, 3.8) is 0 Å². The van der Waals surface area contributed by atoms with Crippen LogP contribution in [-0.4, -0.2) is 19.1 Å². The highest BCUT2D eigenvalue weighted by atomic mass is 15.2. The molecule has 0 radical (unpaired) electrons. The highest BCUT2D eigenvalue weighted by Gasteiger charge is 2.29. The summed E-state index contributed by atoms with van der Waals surface area (Å²) >= 11 is 0. The summed E-state index contributed by atoms with van der Waals surface area (Å²) in [7, 11) is 0. The smallest absolute Gasteiger partial charge is 0.0368 e. The summed E-state index contributed by atoms with van der Waals surface area (Å²) in [6.45, 7) is 10.1. The molecule has 1 N–H and O–H groups in total. The molecule has 0 saturated heterocycles. The van der Waals surface area contributed by atoms with Crippen molar-refractivity contribution in [3.05, 3.63) is 29.8 Å². The van der Waals surface area contributed by atoms with Gasteiger partial charge >= 0.3 is 0 Å². The van der Waals surface area contributed by atoms with Crippen LogP contribution in [0.25, 0.3) is 0 Å². The first-order chi connectivity index (χ1) is 9.20. The van der Waals surface area contributed by atoms with Crippen molar-refractivity contribution in [1.82, 2.24) is 5.32 Å². The molecule has 1 saturated carbocycles. The van der Waals surface area contributed by atoms with Gasteiger partial charge in [-0.15, -0.1) is 0 Å². The summed E-state index contributed by atoms with van der Waals surface area (Å²) in [6, 6.07) is 9.93. The molecule has 0 atom stereocenters. The third-order valence-corrected chi connectivity index (χ3v) is 3.57. The third-order valence-electron chi connectivity index (χ3n) is 3.57. The Morgan fingerprint density at radius 1 is 1.21 bits per heavy atom. The van der Waals surface area contributed by atoms with E-state index in [4.69, 9.17) is 0 Å². The first kappa shape index (κ1) is 14.4. The minimum atomic E-state index is 0.728. The van der Waals surface area contributed by atoms with Crippen LogP contribution in [0, 0.1) is 5.92 Å². The monoisotopic (exact) mass is 260 g/mol. The van der Waals surface area contributed by atoms with Crippen molar-refractivity contribution < 1.29 is 0 Å². The second-order valence-electron chi connectivity index (χ2n) is 6.12. The summed E-state index contributed by atoms with van der Waals surface area (Å²) < 4.78 is 0. The minimum Gasteiger partial charge on any atom is -0.368 e. The van der Waals surface area contributed by atoms with E-state index >= 15 is 0 Å². The standard InChI is InChI=1S/C17H28N2/c1-4-11-18-12-15-5-7-16(8-6-15)19(13-14(2)3)17-9-10-17/h5-8,14,17-18H,4,9-13H2,1-3H3. The summed E-state index contributed by atoms with van der Waals surface area (Å²) in [5.74, 6) is 0.728. The van der Waals surface area contributed by atoms with Crippen LogP contribution < -0.4 is 10.2 Å². The molecule has 0 unspecified atom stereocenters. The Kier molecular flexibility index (Phi) is 5.26. The van der Waals surface area contributed by atoms with Crippen molar-refractivity contribution in [2.45, 2.75) is 52.6 Å². The van der Waals surface area contributed by atoms with Crippen LogP contribution in [0.2, 0.25) is 0 Å². The van der Waals surface area contributed by atoms with E-state index in [1.54, 1.807) is 0 Å². The summed E-state index contributed by atoms with van der Waals surface area (Å²) in [6.07, 6.45) is 3.93. The van der Waals surface area contributed by atoms with Crippen LogP contribution >= 0.6 is 0 Å². The minimum absolute atomic E-state index is 0.728. The lowest BCUT2D eigenvalue weighted by atomic mass is 10.1. The Labute approximate surface area is 118 Å². The molecule has 106 valence electrons. The van der Waals surface area contributed by atoms with Gasteiger partial charge in [0.05, 0.1) is 0 Å². The Morgan fingerprint density at radius 3 is 2.42 bits per heavy atom. The van der Waals surface area contributed by atoms with Gasteiger partial charge in [-0.3, -0.25) is 0 Å². The number of nitrogens with one attached hydrogen (secondary N) is 1. The summed E-state index contributed by atoms with van der Waals surface area (Å²) in [5, 5.41) is 3.45. The number of rotatable bonds is 8. The van der Waals surface area contributed by atoms with E-state index in [0.29, 0.717) is 0 Å². The van der Waals surface area contributed by atoms with Crippen molar-refractivity contribution in [1.29, 1.82) is 0 Å². The van der Waals surface area contributed by atoms with Gasteiger partial charge in [-0.25, -0.2) is 0 Å². The maximum Gasteiger partial charge on any atom is 0.0368 e. The molecular weight excluding hydrogens is 232 g/mol. The molecule has 1 aromatic carbocycles. The Bertz CT molecular complexity index is 365. The number of nitrogens with zero attached hydrogens (tertiary/aromatic N) is 1. The van der Waals surface area contributed by atoms with Crippen molar-refractivity contribution in [3.8, 4) is 0 Å². The number of benzene rings is 1. The molecule has 0 aromatic heterocycles. The predicted octanol–water partition coefficient (Wildman–Crippen LogP) is 3.81. The van der Waals surface area contributed by atoms with Crippen LogP contribution in [-0.2, 0) is 6.54 Å². The first-order valence-corrected chi connectivity index (χ1v) is 7.77. The topological polar surface area (TPSA) is 15.3 Å². The van der Waals surface area contributed by atoms with Gasteiger partial charge in [0, 0.05) is 24.8 Å². The zero-order valence-corrected chi connectivity index (χ0v) is 12.7. The van der Waals surface area contributed by atoms with E-state index < -0.39 is 0 Å². The van der Waals surface area contributed by atoms with Crippen LogP contribution in [0.15, 0.2) is 24.3 Å². The van der Waals surface area contributed by atoms with E-state index in [9.17, 15) is 0 Å². The molecule has 1 aromatic rings. The van der Waals surface area contributed by atoms with E-state index in [2.05, 4.69) is 55.3 Å². The van der Waals surface area contributed by atoms with Crippen LogP contribution in [0.5, 0.6) is 0 Å². The molecule has 1 aliphatic rings. The number of hydrogen-bond donors (Lipinski definition) is 1. The van der Waals surface area contributed by atoms with Crippen LogP contribution in [0.4, 0.5) is 5.69 Å². The lowest BCUT2D eigenvalue weighted by Gasteiger charge is -2.27. The van der Waals surface area contributed by atoms with Crippen molar-refractivity contribution in [2.24, 2.45) is 5.92 Å². The van der Waals surface area contributed by atoms with E-state index in [1.165, 1.54) is 37.1 Å². The second kappa shape index (κ2) is 6.95. The lowest BCUT2D eigenvalue weighted by molar-refractivity contribution is 0.607. The number of hydrogen-bond acceptors (Lipinski definition) is 2. The molecule has 1 aliphatic carbocycles. The largest absolute Gasteiger partial charge is 0.368 e. The van der Waals surface area contributed by atoms with Gasteiger partial charge in [-0.1, -0.05) is 32.9 Å². The predicted molar refractivity (Wildman–Crippen MR) is 83.6 cm³/mol. The Hall–Kier alpha value is -1.02. The van der Waals surface area contributed by atoms with Crippen molar-refractivity contribution in [2.75, 3.05) is 18.0 Å². The lowest BCUT2D eigenvalue weighted by Crippen LogP contribution is -2.29. The van der Waals surface area contributed by atoms with Gasteiger partial charge in [-0.2, -0.15) is 0 Å². The zero-order valence-electron chi connectivity index (χ0n) is 12.7. The Balaban J connectivity index is 1.95. The van der Waals surface area contributed by atoms with Gasteiger partial charge in [0.15, 0.2) is 0 Å². The fourth-order valence-electron chi connectivity index (χ4n) is 2.46. The van der Waals surface area contributed by atoms with E-state index in [0.717, 1.165) is 25.0 Å². The average molecular weight is 260 g/mol. The molecule has 0 heterocycles. The van der Waals surface area contributed by atoms with Crippen LogP contribution in [0.3, 0.4) is 0 Å². The summed E-state index contributed by atoms with van der Waals surface area (Å²) in [5.41, 5.74) is 2.79. The van der Waals surface area contributed by atoms with E-state index in [-0.39, 0.29) is 0 Å². The molecule has 1 fully saturated rings. The number of anilines is 1. The fourth-order valence-corrected chi connectivity index (χ4v) is 2.46. The molecule has 2 nitrogen and oxygen atoms in total. The highest BCUT2D eigenvalue weighted by Crippen LogP contribution is 2.32. The van der Waals surface area contributed by atoms with Crippen LogP contribution in [0.1, 0.15) is 45.6 Å². The molecule has 0 spiro atoms. The van der Waals surface area contributed by atoms with E-state index in [1.807, 2.05) is 0 Å². The molecule has 0 amide bonds. The maximum absolute atomic E-state index is 3.45. The normalized spacial score (nSPS) is 14.9. The SMILES string of the molecule is CCCNCc1ccc(N(CC(C)C)C2CC2)cc1. The zero-order chi connectivity index (χ0) is 13.7. The quantitative estimate of drug-likeness (QED) is 0.715. The molecule has 2 rings (SSSR count). The van der Waals surface area contributed by atoms with Gasteiger partial charge in [0.1, 0.15) is 0 Å². The first-order valence-electron chi connectivity index (χ1n) is 7.77. The second-order valence-corrected chi connectivity index (χ2v) is 6.12. The summed E-state index contributed by atoms with van der Waals surface area (Å²) in [4.78, 5) is 2.59. The molecule has 2 heteroatoms. The highest BCUT2D eigenvalue weighted by molar-refractivity contribution is 5.49. The van der Waals surface area contributed by atoms with Gasteiger partial charge < -0.3 is 10.2 Å². The average Bonchev–Trinajstić information content (AvgIpc) is 3.21. The molecule has 0 aliphatic heterocycles. The molecular formula is C17H28N2. The molecule has 0 bridgehead atoms. The van der Waals surface area contributed by atoms with Gasteiger partial charge in [0.25, 0.3) is 0 Å². The maximum atomic E-state index is 3.45. The third kappa shape index (κ3) is 4.54.